The number of carboxylic acid groups (broad SMARTS) is 1. The predicted octanol–water partition coefficient (Wildman–Crippen LogP) is 1.23. The monoisotopic (exact) mass is 283 g/mol. The number of nitrogens with one attached hydrogen (secondary N) is 1. The van der Waals surface area contributed by atoms with Crippen molar-refractivity contribution in [2.45, 2.75) is 11.1 Å². The van der Waals surface area contributed by atoms with Crippen LogP contribution in [-0.2, 0) is 10.0 Å². The van der Waals surface area contributed by atoms with Gasteiger partial charge >= 0.3 is 12.1 Å². The van der Waals surface area contributed by atoms with Crippen molar-refractivity contribution in [2.75, 3.05) is 6.54 Å². The molecule has 0 atom stereocenters. The fourth-order valence-corrected chi connectivity index (χ4v) is 2.05. The van der Waals surface area contributed by atoms with Crippen LogP contribution in [0.5, 0.6) is 0 Å². The summed E-state index contributed by atoms with van der Waals surface area (Å²) >= 11 is 0. The van der Waals surface area contributed by atoms with Gasteiger partial charge in [0.1, 0.15) is 6.54 Å². The lowest BCUT2D eigenvalue weighted by molar-refractivity contribution is -0.121. The number of rotatable bonds is 4. The van der Waals surface area contributed by atoms with Gasteiger partial charge in [-0.25, -0.2) is 17.9 Å². The Morgan fingerprint density at radius 1 is 1.22 bits per heavy atom. The number of hydrogen-bond acceptors (Lipinski definition) is 3. The second-order valence-corrected chi connectivity index (χ2v) is 5.04. The summed E-state index contributed by atoms with van der Waals surface area (Å²) < 4.78 is 59.8. The summed E-state index contributed by atoms with van der Waals surface area (Å²) in [5.41, 5.74) is -0.162. The summed E-state index contributed by atoms with van der Waals surface area (Å²) in [6.07, 6.45) is -4.66. The van der Waals surface area contributed by atoms with Crippen LogP contribution in [0.15, 0.2) is 29.2 Å². The molecule has 18 heavy (non-hydrogen) atoms. The fraction of sp³-hybridized carbons (Fsp3) is 0.222. The summed E-state index contributed by atoms with van der Waals surface area (Å²) in [4.78, 5) is 10.1. The highest BCUT2D eigenvalue weighted by Gasteiger charge is 2.30. The van der Waals surface area contributed by atoms with Crippen LogP contribution in [0.1, 0.15) is 10.4 Å². The van der Waals surface area contributed by atoms with Crippen molar-refractivity contribution in [3.63, 3.8) is 0 Å². The molecule has 0 radical (unpaired) electrons. The number of benzene rings is 1. The zero-order valence-electron chi connectivity index (χ0n) is 8.73. The maximum Gasteiger partial charge on any atom is 0.402 e. The van der Waals surface area contributed by atoms with E-state index in [1.165, 1.54) is 4.72 Å². The zero-order chi connectivity index (χ0) is 14.0. The van der Waals surface area contributed by atoms with E-state index in [0.717, 1.165) is 24.3 Å². The van der Waals surface area contributed by atoms with E-state index in [2.05, 4.69) is 0 Å². The standard InChI is InChI=1S/C9H8F3NO4S/c10-9(11,12)5-13-18(16,17)7-3-1-6(2-4-7)8(14)15/h1-4,13H,5H2,(H,14,15). The van der Waals surface area contributed by atoms with E-state index >= 15 is 0 Å². The molecule has 100 valence electrons. The van der Waals surface area contributed by atoms with Crippen LogP contribution in [0.25, 0.3) is 0 Å². The largest absolute Gasteiger partial charge is 0.478 e. The van der Waals surface area contributed by atoms with E-state index in [1.807, 2.05) is 0 Å². The molecule has 5 nitrogen and oxygen atoms in total. The highest BCUT2D eigenvalue weighted by Crippen LogP contribution is 2.15. The van der Waals surface area contributed by atoms with Crippen molar-refractivity contribution >= 4 is 16.0 Å². The van der Waals surface area contributed by atoms with E-state index in [0.29, 0.717) is 0 Å². The van der Waals surface area contributed by atoms with Gasteiger partial charge in [0.15, 0.2) is 0 Å². The number of aromatic carboxylic acids is 1. The molecule has 0 aliphatic carbocycles. The third-order valence-electron chi connectivity index (χ3n) is 1.87. The molecule has 9 heteroatoms. The number of sulfonamides is 1. The van der Waals surface area contributed by atoms with Crippen LogP contribution in [0.4, 0.5) is 13.2 Å². The van der Waals surface area contributed by atoms with Crippen LogP contribution >= 0.6 is 0 Å². The fourth-order valence-electron chi connectivity index (χ4n) is 1.04. The summed E-state index contributed by atoms with van der Waals surface area (Å²) in [7, 11) is -4.30. The smallest absolute Gasteiger partial charge is 0.402 e. The number of hydrogen-bond donors (Lipinski definition) is 2. The Kier molecular flexibility index (Phi) is 3.97. The van der Waals surface area contributed by atoms with Crippen molar-refractivity contribution in [2.24, 2.45) is 0 Å². The first kappa shape index (κ1) is 14.5. The highest BCUT2D eigenvalue weighted by atomic mass is 32.2. The first-order valence-corrected chi connectivity index (χ1v) is 6.00. The van der Waals surface area contributed by atoms with Gasteiger partial charge in [0.2, 0.25) is 10.0 Å². The third kappa shape index (κ3) is 4.00. The number of carboxylic acids is 1. The molecule has 2 N–H and O–H groups in total. The first-order valence-electron chi connectivity index (χ1n) is 4.51. The number of alkyl halides is 3. The topological polar surface area (TPSA) is 83.5 Å². The first-order chi connectivity index (χ1) is 8.12. The summed E-state index contributed by atoms with van der Waals surface area (Å²) in [6.45, 7) is -1.68. The molecule has 0 heterocycles. The molecule has 0 amide bonds. The van der Waals surface area contributed by atoms with Crippen molar-refractivity contribution < 1.29 is 31.5 Å². The Bertz CT molecular complexity index is 536. The average molecular weight is 283 g/mol. The van der Waals surface area contributed by atoms with Gasteiger partial charge in [-0.2, -0.15) is 13.2 Å². The molecule has 0 aromatic heterocycles. The van der Waals surface area contributed by atoms with Crippen LogP contribution in [0.3, 0.4) is 0 Å². The maximum absolute atomic E-state index is 11.9. The molecule has 0 aliphatic rings. The summed E-state index contributed by atoms with van der Waals surface area (Å²) in [6, 6.07) is 3.82. The quantitative estimate of drug-likeness (QED) is 0.870. The van der Waals surface area contributed by atoms with E-state index in [4.69, 9.17) is 5.11 Å². The van der Waals surface area contributed by atoms with Crippen molar-refractivity contribution in [1.82, 2.24) is 4.72 Å². The molecule has 0 unspecified atom stereocenters. The minimum Gasteiger partial charge on any atom is -0.478 e. The van der Waals surface area contributed by atoms with Gasteiger partial charge in [0.05, 0.1) is 10.5 Å². The Labute approximate surface area is 100 Å². The number of carbonyl (C=O) groups is 1. The van der Waals surface area contributed by atoms with Crippen molar-refractivity contribution in [3.05, 3.63) is 29.8 Å². The lowest BCUT2D eigenvalue weighted by Crippen LogP contribution is -2.33. The number of halogens is 3. The van der Waals surface area contributed by atoms with Crippen molar-refractivity contribution in [3.8, 4) is 0 Å². The zero-order valence-corrected chi connectivity index (χ0v) is 9.55. The Hall–Kier alpha value is -1.61. The Morgan fingerprint density at radius 2 is 1.72 bits per heavy atom. The van der Waals surface area contributed by atoms with E-state index in [-0.39, 0.29) is 5.56 Å². The molecule has 0 saturated heterocycles. The van der Waals surface area contributed by atoms with E-state index in [1.54, 1.807) is 0 Å². The molecular weight excluding hydrogens is 275 g/mol. The lowest BCUT2D eigenvalue weighted by atomic mass is 10.2. The van der Waals surface area contributed by atoms with E-state index < -0.39 is 33.6 Å². The molecule has 1 aromatic carbocycles. The van der Waals surface area contributed by atoms with Gasteiger partial charge in [-0.3, -0.25) is 0 Å². The molecule has 0 bridgehead atoms. The van der Waals surface area contributed by atoms with Gasteiger partial charge in [-0.1, -0.05) is 0 Å². The molecule has 1 aromatic rings. The highest BCUT2D eigenvalue weighted by molar-refractivity contribution is 7.89. The summed E-state index contributed by atoms with van der Waals surface area (Å²) in [5, 5.41) is 8.57. The van der Waals surface area contributed by atoms with Gasteiger partial charge in [-0.05, 0) is 24.3 Å². The normalized spacial score (nSPS) is 12.4. The molecule has 0 fully saturated rings. The second kappa shape index (κ2) is 4.94. The second-order valence-electron chi connectivity index (χ2n) is 3.27. The molecule has 0 saturated carbocycles. The lowest BCUT2D eigenvalue weighted by Gasteiger charge is -2.09. The summed E-state index contributed by atoms with van der Waals surface area (Å²) in [5.74, 6) is -1.26. The van der Waals surface area contributed by atoms with Gasteiger partial charge in [0, 0.05) is 0 Å². The van der Waals surface area contributed by atoms with E-state index in [9.17, 15) is 26.4 Å². The van der Waals surface area contributed by atoms with Crippen molar-refractivity contribution in [1.29, 1.82) is 0 Å². The minimum atomic E-state index is -4.66. The van der Waals surface area contributed by atoms with Gasteiger partial charge in [-0.15, -0.1) is 0 Å². The molecular formula is C9H8F3NO4S. The van der Waals surface area contributed by atoms with Gasteiger partial charge < -0.3 is 5.11 Å². The maximum atomic E-state index is 11.9. The Balaban J connectivity index is 2.89. The van der Waals surface area contributed by atoms with Crippen LogP contribution in [0.2, 0.25) is 0 Å². The van der Waals surface area contributed by atoms with Crippen LogP contribution in [0, 0.1) is 0 Å². The predicted molar refractivity (Wildman–Crippen MR) is 54.6 cm³/mol. The average Bonchev–Trinajstić information content (AvgIpc) is 2.26. The van der Waals surface area contributed by atoms with Crippen LogP contribution < -0.4 is 4.72 Å². The Morgan fingerprint density at radius 3 is 2.11 bits per heavy atom. The minimum absolute atomic E-state index is 0.162. The molecule has 0 spiro atoms. The molecule has 0 aliphatic heterocycles. The molecule has 1 rings (SSSR count). The SMILES string of the molecule is O=C(O)c1ccc(S(=O)(=O)NCC(F)(F)F)cc1. The van der Waals surface area contributed by atoms with Gasteiger partial charge in [0.25, 0.3) is 0 Å². The third-order valence-corrected chi connectivity index (χ3v) is 3.29. The van der Waals surface area contributed by atoms with Crippen LogP contribution in [-0.4, -0.2) is 32.2 Å².